The van der Waals surface area contributed by atoms with Crippen LogP contribution in [0.15, 0.2) is 4.99 Å². The molecular formula is C21H46N4O2. The van der Waals surface area contributed by atoms with Crippen LogP contribution in [0.4, 0.5) is 0 Å². The minimum Gasteiger partial charge on any atom is -0.369 e. The molecule has 2 atom stereocenters. The summed E-state index contributed by atoms with van der Waals surface area (Å²) in [5, 5.41) is 1.38. The molecule has 4 N–H and O–H groups in total. The molecule has 0 aromatic rings. The highest BCUT2D eigenvalue weighted by atomic mass is 16.5. The zero-order chi connectivity index (χ0) is 20.3. The lowest BCUT2D eigenvalue weighted by molar-refractivity contribution is -0.0172. The van der Waals surface area contributed by atoms with Gasteiger partial charge in [0.05, 0.1) is 0 Å². The molecule has 162 valence electrons. The van der Waals surface area contributed by atoms with Crippen LogP contribution in [-0.4, -0.2) is 36.6 Å². The van der Waals surface area contributed by atoms with Crippen molar-refractivity contribution in [2.45, 2.75) is 117 Å². The zero-order valence-corrected chi connectivity index (χ0v) is 18.4. The molecule has 0 rings (SSSR count). The van der Waals surface area contributed by atoms with Gasteiger partial charge in [0.1, 0.15) is 12.5 Å². The van der Waals surface area contributed by atoms with Gasteiger partial charge < -0.3 is 15.2 Å². The van der Waals surface area contributed by atoms with Gasteiger partial charge in [0, 0.05) is 13.2 Å². The Morgan fingerprint density at radius 2 is 1.22 bits per heavy atom. The minimum atomic E-state index is -0.296. The van der Waals surface area contributed by atoms with Crippen molar-refractivity contribution in [3.05, 3.63) is 0 Å². The Morgan fingerprint density at radius 3 is 1.74 bits per heavy atom. The smallest absolute Gasteiger partial charge is 0.210 e. The summed E-state index contributed by atoms with van der Waals surface area (Å²) < 4.78 is 11.5. The Labute approximate surface area is 168 Å². The number of ether oxygens (including phenoxy) is 2. The van der Waals surface area contributed by atoms with Crippen molar-refractivity contribution in [2.75, 3.05) is 13.2 Å². The molecule has 0 saturated heterocycles. The molecule has 2 unspecified atom stereocenters. The summed E-state index contributed by atoms with van der Waals surface area (Å²) in [5.41, 5.74) is 5.98. The van der Waals surface area contributed by atoms with Crippen LogP contribution in [0.2, 0.25) is 0 Å². The lowest BCUT2D eigenvalue weighted by atomic mass is 10.1. The third-order valence-corrected chi connectivity index (χ3v) is 4.68. The molecule has 0 aromatic carbocycles. The van der Waals surface area contributed by atoms with Crippen LogP contribution in [0.5, 0.6) is 0 Å². The molecule has 0 heterocycles. The SMILES string of the molecule is CCCCCCCCOC(C)N=C(N)N(N)C(C)OCCCCCCCC. The van der Waals surface area contributed by atoms with Gasteiger partial charge in [-0.1, -0.05) is 78.1 Å². The highest BCUT2D eigenvalue weighted by molar-refractivity contribution is 5.77. The number of nitrogens with zero attached hydrogens (tertiary/aromatic N) is 2. The van der Waals surface area contributed by atoms with Crippen molar-refractivity contribution in [2.24, 2.45) is 16.6 Å². The largest absolute Gasteiger partial charge is 0.369 e. The molecular weight excluding hydrogens is 340 g/mol. The molecule has 0 aliphatic heterocycles. The van der Waals surface area contributed by atoms with Crippen LogP contribution in [0.3, 0.4) is 0 Å². The van der Waals surface area contributed by atoms with Crippen molar-refractivity contribution in [3.63, 3.8) is 0 Å². The van der Waals surface area contributed by atoms with Gasteiger partial charge in [0.25, 0.3) is 0 Å². The highest BCUT2D eigenvalue weighted by Gasteiger charge is 2.13. The van der Waals surface area contributed by atoms with E-state index in [2.05, 4.69) is 18.8 Å². The van der Waals surface area contributed by atoms with Crippen molar-refractivity contribution in [1.29, 1.82) is 0 Å². The van der Waals surface area contributed by atoms with Gasteiger partial charge in [-0.3, -0.25) is 5.01 Å². The fraction of sp³-hybridized carbons (Fsp3) is 0.952. The van der Waals surface area contributed by atoms with Gasteiger partial charge >= 0.3 is 0 Å². The summed E-state index contributed by atoms with van der Waals surface area (Å²) in [4.78, 5) is 4.32. The van der Waals surface area contributed by atoms with E-state index in [0.717, 1.165) is 12.8 Å². The van der Waals surface area contributed by atoms with Gasteiger partial charge in [-0.2, -0.15) is 0 Å². The van der Waals surface area contributed by atoms with Gasteiger partial charge in [-0.15, -0.1) is 0 Å². The Bertz CT molecular complexity index is 353. The van der Waals surface area contributed by atoms with E-state index in [0.29, 0.717) is 13.2 Å². The topological polar surface area (TPSA) is 86.1 Å². The molecule has 0 amide bonds. The Balaban J connectivity index is 3.85. The van der Waals surface area contributed by atoms with Gasteiger partial charge in [-0.25, -0.2) is 10.8 Å². The summed E-state index contributed by atoms with van der Waals surface area (Å²) in [6.45, 7) is 9.64. The first-order chi connectivity index (χ1) is 13.0. The number of hydrogen-bond donors (Lipinski definition) is 2. The molecule has 0 fully saturated rings. The summed E-state index contributed by atoms with van der Waals surface area (Å²) in [6, 6.07) is 0. The second kappa shape index (κ2) is 18.5. The number of rotatable bonds is 18. The number of unbranched alkanes of at least 4 members (excludes halogenated alkanes) is 10. The maximum absolute atomic E-state index is 6.01. The van der Waals surface area contributed by atoms with Crippen LogP contribution < -0.4 is 11.6 Å². The minimum absolute atomic E-state index is 0.251. The summed E-state index contributed by atoms with van der Waals surface area (Å²) in [6.07, 6.45) is 14.3. The third kappa shape index (κ3) is 15.9. The number of aliphatic imine (C=N–C) groups is 1. The summed E-state index contributed by atoms with van der Waals surface area (Å²) in [7, 11) is 0. The molecule has 0 saturated carbocycles. The van der Waals surface area contributed by atoms with Crippen LogP contribution in [0, 0.1) is 0 Å². The van der Waals surface area contributed by atoms with E-state index >= 15 is 0 Å². The van der Waals surface area contributed by atoms with E-state index in [-0.39, 0.29) is 18.4 Å². The van der Waals surface area contributed by atoms with Crippen molar-refractivity contribution in [3.8, 4) is 0 Å². The van der Waals surface area contributed by atoms with Crippen molar-refractivity contribution in [1.82, 2.24) is 5.01 Å². The van der Waals surface area contributed by atoms with E-state index in [1.54, 1.807) is 0 Å². The number of guanidine groups is 1. The average molecular weight is 387 g/mol. The van der Waals surface area contributed by atoms with E-state index in [1.165, 1.54) is 69.2 Å². The molecule has 0 aromatic heterocycles. The van der Waals surface area contributed by atoms with Gasteiger partial charge in [0.15, 0.2) is 0 Å². The first-order valence-corrected chi connectivity index (χ1v) is 11.1. The number of hydrogen-bond acceptors (Lipinski definition) is 4. The first-order valence-electron chi connectivity index (χ1n) is 11.1. The van der Waals surface area contributed by atoms with Crippen LogP contribution in [0.25, 0.3) is 0 Å². The molecule has 6 heteroatoms. The molecule has 27 heavy (non-hydrogen) atoms. The fourth-order valence-electron chi connectivity index (χ4n) is 2.83. The van der Waals surface area contributed by atoms with Crippen LogP contribution in [-0.2, 0) is 9.47 Å². The third-order valence-electron chi connectivity index (χ3n) is 4.68. The lowest BCUT2D eigenvalue weighted by Crippen LogP contribution is -2.50. The molecule has 0 radical (unpaired) electrons. The monoisotopic (exact) mass is 386 g/mol. The second-order valence-electron chi connectivity index (χ2n) is 7.37. The predicted octanol–water partition coefficient (Wildman–Crippen LogP) is 4.92. The van der Waals surface area contributed by atoms with Gasteiger partial charge in [0.2, 0.25) is 5.96 Å². The standard InChI is InChI=1S/C21H46N4O2/c1-5-7-9-11-13-15-17-26-19(3)24-21(22)25(23)20(4)27-18-16-14-12-10-8-6-2/h19-20H,5-18,23H2,1-4H3,(H2,22,24). The van der Waals surface area contributed by atoms with Crippen molar-refractivity contribution < 1.29 is 9.47 Å². The number of nitrogens with two attached hydrogens (primary N) is 2. The quantitative estimate of drug-likeness (QED) is 0.0871. The fourth-order valence-corrected chi connectivity index (χ4v) is 2.83. The van der Waals surface area contributed by atoms with E-state index in [4.69, 9.17) is 21.1 Å². The Morgan fingerprint density at radius 1 is 0.778 bits per heavy atom. The van der Waals surface area contributed by atoms with E-state index in [1.807, 2.05) is 13.8 Å². The Hall–Kier alpha value is -0.850. The first kappa shape index (κ1) is 26.1. The molecule has 0 aliphatic rings. The molecule has 0 bridgehead atoms. The highest BCUT2D eigenvalue weighted by Crippen LogP contribution is 2.07. The lowest BCUT2D eigenvalue weighted by Gasteiger charge is -2.25. The van der Waals surface area contributed by atoms with Crippen LogP contribution in [0.1, 0.15) is 105 Å². The Kier molecular flexibility index (Phi) is 17.9. The second-order valence-corrected chi connectivity index (χ2v) is 7.37. The van der Waals surface area contributed by atoms with Crippen LogP contribution >= 0.6 is 0 Å². The summed E-state index contributed by atoms with van der Waals surface area (Å²) >= 11 is 0. The normalized spacial score (nSPS) is 14.3. The predicted molar refractivity (Wildman–Crippen MR) is 115 cm³/mol. The average Bonchev–Trinajstić information content (AvgIpc) is 2.65. The van der Waals surface area contributed by atoms with E-state index < -0.39 is 0 Å². The zero-order valence-electron chi connectivity index (χ0n) is 18.4. The summed E-state index contributed by atoms with van der Waals surface area (Å²) in [5.74, 6) is 6.26. The molecule has 0 spiro atoms. The molecule has 0 aliphatic carbocycles. The maximum Gasteiger partial charge on any atom is 0.210 e. The molecule has 6 nitrogen and oxygen atoms in total. The van der Waals surface area contributed by atoms with E-state index in [9.17, 15) is 0 Å². The maximum atomic E-state index is 6.01. The number of hydrazine groups is 1. The van der Waals surface area contributed by atoms with Crippen molar-refractivity contribution >= 4 is 5.96 Å². The van der Waals surface area contributed by atoms with Gasteiger partial charge in [-0.05, 0) is 26.7 Å².